The van der Waals surface area contributed by atoms with Crippen LogP contribution in [0.5, 0.6) is 0 Å². The van der Waals surface area contributed by atoms with Crippen LogP contribution in [0.2, 0.25) is 0 Å². The lowest BCUT2D eigenvalue weighted by atomic mass is 10.0. The number of hydrogen-bond acceptors (Lipinski definition) is 6. The van der Waals surface area contributed by atoms with Gasteiger partial charge in [0.1, 0.15) is 15.8 Å². The first-order chi connectivity index (χ1) is 16.2. The molecule has 0 radical (unpaired) electrons. The molecule has 0 spiro atoms. The predicted molar refractivity (Wildman–Crippen MR) is 130 cm³/mol. The Balaban J connectivity index is 1.41. The lowest BCUT2D eigenvalue weighted by molar-refractivity contribution is -0.116. The second-order valence-electron chi connectivity index (χ2n) is 8.56. The number of nitrogens with zero attached hydrogens (tertiary/aromatic N) is 2. The van der Waals surface area contributed by atoms with Gasteiger partial charge in [0.2, 0.25) is 0 Å². The SMILES string of the molecule is CN1Cc2cc3ccn(-c4ccc(CC(=O)CS(=O)(=O)c5cccs5)cc4F)c(=O)c3cc2C1. The summed E-state index contributed by atoms with van der Waals surface area (Å²) in [5, 5.41) is 2.96. The van der Waals surface area contributed by atoms with Crippen LogP contribution in [-0.4, -0.2) is 36.5 Å². The van der Waals surface area contributed by atoms with E-state index >= 15 is 4.39 Å². The summed E-state index contributed by atoms with van der Waals surface area (Å²) in [6, 6.07) is 12.9. The zero-order chi connectivity index (χ0) is 24.0. The molecule has 34 heavy (non-hydrogen) atoms. The van der Waals surface area contributed by atoms with Crippen LogP contribution in [0.25, 0.3) is 16.5 Å². The quantitative estimate of drug-likeness (QED) is 0.407. The van der Waals surface area contributed by atoms with E-state index in [1.807, 2.05) is 19.2 Å². The standard InChI is InChI=1S/C25H21FN2O4S2/c1-27-13-18-11-17-6-7-28(25(30)21(17)12-19(18)14-27)23-5-4-16(10-22(23)26)9-20(29)15-34(31,32)24-3-2-8-33-24/h2-8,10-12H,9,13-15H2,1H3. The van der Waals surface area contributed by atoms with Gasteiger partial charge in [-0.15, -0.1) is 11.3 Å². The summed E-state index contributed by atoms with van der Waals surface area (Å²) in [7, 11) is -1.69. The van der Waals surface area contributed by atoms with Crippen molar-refractivity contribution < 1.29 is 17.6 Å². The van der Waals surface area contributed by atoms with E-state index in [1.54, 1.807) is 29.8 Å². The molecule has 0 saturated heterocycles. The summed E-state index contributed by atoms with van der Waals surface area (Å²) in [4.78, 5) is 27.7. The van der Waals surface area contributed by atoms with Gasteiger partial charge in [-0.2, -0.15) is 0 Å². The molecule has 4 aromatic rings. The topological polar surface area (TPSA) is 76.5 Å². The number of aromatic nitrogens is 1. The van der Waals surface area contributed by atoms with Gasteiger partial charge in [0.25, 0.3) is 5.56 Å². The zero-order valence-corrected chi connectivity index (χ0v) is 20.0. The van der Waals surface area contributed by atoms with Crippen molar-refractivity contribution in [2.45, 2.75) is 23.7 Å². The molecule has 0 saturated carbocycles. The number of hydrogen-bond donors (Lipinski definition) is 0. The summed E-state index contributed by atoms with van der Waals surface area (Å²) >= 11 is 1.05. The van der Waals surface area contributed by atoms with E-state index in [0.717, 1.165) is 35.4 Å². The van der Waals surface area contributed by atoms with Gasteiger partial charge in [-0.3, -0.25) is 19.1 Å². The van der Waals surface area contributed by atoms with E-state index in [2.05, 4.69) is 4.90 Å². The third kappa shape index (κ3) is 4.22. The van der Waals surface area contributed by atoms with Gasteiger partial charge in [0, 0.05) is 31.1 Å². The lowest BCUT2D eigenvalue weighted by Gasteiger charge is -2.11. The molecule has 3 heterocycles. The minimum atomic E-state index is -3.71. The van der Waals surface area contributed by atoms with E-state index in [4.69, 9.17) is 0 Å². The van der Waals surface area contributed by atoms with Crippen LogP contribution in [0.4, 0.5) is 4.39 Å². The molecule has 0 atom stereocenters. The molecule has 6 nitrogen and oxygen atoms in total. The average Bonchev–Trinajstić information content (AvgIpc) is 3.42. The first-order valence-electron chi connectivity index (χ1n) is 10.6. The van der Waals surface area contributed by atoms with Crippen LogP contribution in [0.15, 0.2) is 69.1 Å². The Labute approximate surface area is 199 Å². The Morgan fingerprint density at radius 2 is 1.85 bits per heavy atom. The van der Waals surface area contributed by atoms with Gasteiger partial charge in [-0.05, 0) is 70.9 Å². The monoisotopic (exact) mass is 496 g/mol. The number of pyridine rings is 1. The fourth-order valence-electron chi connectivity index (χ4n) is 4.36. The Kier molecular flexibility index (Phi) is 5.71. The fourth-order valence-corrected chi connectivity index (χ4v) is 6.70. The van der Waals surface area contributed by atoms with Gasteiger partial charge in [-0.1, -0.05) is 12.1 Å². The summed E-state index contributed by atoms with van der Waals surface area (Å²) in [6.07, 6.45) is 1.33. The summed E-state index contributed by atoms with van der Waals surface area (Å²) in [5.41, 5.74) is 2.39. The molecule has 2 aromatic carbocycles. The largest absolute Gasteiger partial charge is 0.298 e. The van der Waals surface area contributed by atoms with Gasteiger partial charge in [-0.25, -0.2) is 12.8 Å². The van der Waals surface area contributed by atoms with Crippen molar-refractivity contribution in [3.63, 3.8) is 0 Å². The van der Waals surface area contributed by atoms with Crippen LogP contribution >= 0.6 is 11.3 Å². The third-order valence-electron chi connectivity index (χ3n) is 5.93. The molecule has 9 heteroatoms. The van der Waals surface area contributed by atoms with E-state index in [1.165, 1.54) is 28.3 Å². The van der Waals surface area contributed by atoms with Crippen LogP contribution in [0.1, 0.15) is 16.7 Å². The van der Waals surface area contributed by atoms with Crippen molar-refractivity contribution in [2.24, 2.45) is 0 Å². The Morgan fingerprint density at radius 3 is 2.56 bits per heavy atom. The van der Waals surface area contributed by atoms with Gasteiger partial charge in [0.05, 0.1) is 5.69 Å². The highest BCUT2D eigenvalue weighted by Crippen LogP contribution is 2.26. The number of Topliss-reactive ketones (excluding diaryl/α,β-unsaturated/α-hetero) is 1. The van der Waals surface area contributed by atoms with Crippen molar-refractivity contribution in [3.05, 3.63) is 93.0 Å². The second-order valence-corrected chi connectivity index (χ2v) is 11.7. The minimum Gasteiger partial charge on any atom is -0.298 e. The van der Waals surface area contributed by atoms with E-state index in [9.17, 15) is 18.0 Å². The van der Waals surface area contributed by atoms with Gasteiger partial charge < -0.3 is 0 Å². The number of thiophene rings is 1. The highest BCUT2D eigenvalue weighted by Gasteiger charge is 2.21. The molecule has 174 valence electrons. The molecule has 1 aliphatic heterocycles. The number of benzene rings is 2. The van der Waals surface area contributed by atoms with Crippen LogP contribution in [0, 0.1) is 5.82 Å². The zero-order valence-electron chi connectivity index (χ0n) is 18.3. The highest BCUT2D eigenvalue weighted by molar-refractivity contribution is 7.94. The summed E-state index contributed by atoms with van der Waals surface area (Å²) in [5.74, 6) is -1.82. The maximum atomic E-state index is 15.0. The maximum absolute atomic E-state index is 15.0. The van der Waals surface area contributed by atoms with Crippen molar-refractivity contribution in [2.75, 3.05) is 12.8 Å². The fraction of sp³-hybridized carbons (Fsp3) is 0.200. The maximum Gasteiger partial charge on any atom is 0.263 e. The number of sulfone groups is 1. The van der Waals surface area contributed by atoms with Crippen molar-refractivity contribution >= 4 is 37.7 Å². The van der Waals surface area contributed by atoms with Crippen LogP contribution in [-0.2, 0) is 34.1 Å². The first kappa shape index (κ1) is 22.6. The minimum absolute atomic E-state index is 0.0759. The number of carbonyl (C=O) groups excluding carboxylic acids is 1. The van der Waals surface area contributed by atoms with Crippen molar-refractivity contribution in [3.8, 4) is 5.69 Å². The molecule has 1 aliphatic rings. The number of fused-ring (bicyclic) bond motifs is 2. The van der Waals surface area contributed by atoms with Crippen LogP contribution < -0.4 is 5.56 Å². The summed E-state index contributed by atoms with van der Waals surface area (Å²) in [6.45, 7) is 1.59. The Bertz CT molecular complexity index is 1590. The Morgan fingerprint density at radius 1 is 1.09 bits per heavy atom. The number of ketones is 1. The molecule has 2 aromatic heterocycles. The molecule has 0 aliphatic carbocycles. The molecule has 5 rings (SSSR count). The smallest absolute Gasteiger partial charge is 0.263 e. The lowest BCUT2D eigenvalue weighted by Crippen LogP contribution is -2.20. The van der Waals surface area contributed by atoms with Crippen LogP contribution in [0.3, 0.4) is 0 Å². The predicted octanol–water partition coefficient (Wildman–Crippen LogP) is 3.72. The van der Waals surface area contributed by atoms with Crippen molar-refractivity contribution in [1.29, 1.82) is 0 Å². The van der Waals surface area contributed by atoms with Crippen molar-refractivity contribution in [1.82, 2.24) is 9.47 Å². The first-order valence-corrected chi connectivity index (χ1v) is 13.2. The molecule has 0 fully saturated rings. The van der Waals surface area contributed by atoms with Gasteiger partial charge in [0.15, 0.2) is 15.6 Å². The summed E-state index contributed by atoms with van der Waals surface area (Å²) < 4.78 is 41.0. The molecular formula is C25H21FN2O4S2. The molecular weight excluding hydrogens is 475 g/mol. The number of rotatable bonds is 6. The molecule has 0 bridgehead atoms. The molecule has 0 amide bonds. The average molecular weight is 497 g/mol. The Hall–Kier alpha value is -3.14. The van der Waals surface area contributed by atoms with Gasteiger partial charge >= 0.3 is 0 Å². The molecule has 0 N–H and O–H groups in total. The van der Waals surface area contributed by atoms with E-state index in [-0.39, 0.29) is 21.9 Å². The normalized spacial score (nSPS) is 13.9. The molecule has 0 unspecified atom stereocenters. The van der Waals surface area contributed by atoms with E-state index in [0.29, 0.717) is 10.9 Å². The highest BCUT2D eigenvalue weighted by atomic mass is 32.2. The third-order valence-corrected chi connectivity index (χ3v) is 9.09. The number of halogens is 1. The number of carbonyl (C=O) groups is 1. The second kappa shape index (κ2) is 8.57. The van der Waals surface area contributed by atoms with E-state index < -0.39 is 27.2 Å².